The van der Waals surface area contributed by atoms with Crippen LogP contribution in [-0.4, -0.2) is 15.6 Å². The summed E-state index contributed by atoms with van der Waals surface area (Å²) in [5.74, 6) is -2.85. The molecule has 0 radical (unpaired) electrons. The second-order valence-corrected chi connectivity index (χ2v) is 6.75. The van der Waals surface area contributed by atoms with Gasteiger partial charge < -0.3 is 9.84 Å². The summed E-state index contributed by atoms with van der Waals surface area (Å²) in [5.41, 5.74) is 0.697. The molecule has 1 N–H and O–H groups in total. The van der Waals surface area contributed by atoms with Crippen molar-refractivity contribution >= 4 is 21.9 Å². The lowest BCUT2D eigenvalue weighted by Gasteiger charge is -2.15. The van der Waals surface area contributed by atoms with Gasteiger partial charge in [0.25, 0.3) is 5.56 Å². The summed E-state index contributed by atoms with van der Waals surface area (Å²) in [4.78, 5) is 23.7. The summed E-state index contributed by atoms with van der Waals surface area (Å²) in [6.45, 7) is 1.42. The fraction of sp³-hybridized carbons (Fsp3) is 0.100. The first kappa shape index (κ1) is 19.8. The molecule has 0 atom stereocenters. The molecule has 0 bridgehead atoms. The Labute approximate surface area is 166 Å². The highest BCUT2D eigenvalue weighted by Crippen LogP contribution is 2.25. The number of hydrogen-bond donors (Lipinski definition) is 1. The SMILES string of the molecule is Cc1cc(OCc2cccc(F)c2F)c(Br)c(=O)n1-c1ccc(C(=O)O)cc1. The minimum atomic E-state index is -1.06. The van der Waals surface area contributed by atoms with Gasteiger partial charge in [0.1, 0.15) is 16.8 Å². The molecule has 0 saturated carbocycles. The monoisotopic (exact) mass is 449 g/mol. The Morgan fingerprint density at radius 2 is 1.86 bits per heavy atom. The number of carbonyl (C=O) groups is 1. The molecule has 144 valence electrons. The molecule has 1 heterocycles. The van der Waals surface area contributed by atoms with Gasteiger partial charge in [0, 0.05) is 23.0 Å². The maximum Gasteiger partial charge on any atom is 0.335 e. The van der Waals surface area contributed by atoms with Gasteiger partial charge in [-0.3, -0.25) is 9.36 Å². The summed E-state index contributed by atoms with van der Waals surface area (Å²) in [6.07, 6.45) is 0. The molecule has 0 saturated heterocycles. The van der Waals surface area contributed by atoms with E-state index in [-0.39, 0.29) is 28.0 Å². The molecule has 0 unspecified atom stereocenters. The third-order valence-corrected chi connectivity index (χ3v) is 4.82. The number of ether oxygens (including phenoxy) is 1. The second-order valence-electron chi connectivity index (χ2n) is 5.96. The highest BCUT2D eigenvalue weighted by molar-refractivity contribution is 9.10. The van der Waals surface area contributed by atoms with Gasteiger partial charge in [-0.25, -0.2) is 13.6 Å². The fourth-order valence-electron chi connectivity index (χ4n) is 2.68. The number of nitrogens with zero attached hydrogens (tertiary/aromatic N) is 1. The number of aryl methyl sites for hydroxylation is 1. The third-order valence-electron chi connectivity index (χ3n) is 4.09. The summed E-state index contributed by atoms with van der Waals surface area (Å²) in [6, 6.07) is 11.2. The molecule has 1 aromatic heterocycles. The van der Waals surface area contributed by atoms with Crippen LogP contribution in [-0.2, 0) is 6.61 Å². The molecule has 8 heteroatoms. The van der Waals surface area contributed by atoms with Crippen molar-refractivity contribution in [2.24, 2.45) is 0 Å². The molecule has 0 aliphatic heterocycles. The Bertz CT molecular complexity index is 1110. The molecule has 0 aliphatic rings. The lowest BCUT2D eigenvalue weighted by atomic mass is 10.2. The molecule has 3 rings (SSSR count). The Morgan fingerprint density at radius 1 is 1.18 bits per heavy atom. The molecular formula is C20H14BrF2NO4. The topological polar surface area (TPSA) is 68.5 Å². The van der Waals surface area contributed by atoms with E-state index in [0.717, 1.165) is 6.07 Å². The van der Waals surface area contributed by atoms with Crippen molar-refractivity contribution in [3.63, 3.8) is 0 Å². The predicted octanol–water partition coefficient (Wildman–Crippen LogP) is 4.46. The molecule has 3 aromatic rings. The van der Waals surface area contributed by atoms with E-state index in [1.165, 1.54) is 41.0 Å². The van der Waals surface area contributed by atoms with Crippen LogP contribution in [0.5, 0.6) is 5.75 Å². The van der Waals surface area contributed by atoms with Crippen molar-refractivity contribution in [1.29, 1.82) is 0 Å². The van der Waals surface area contributed by atoms with E-state index >= 15 is 0 Å². The maximum absolute atomic E-state index is 13.8. The van der Waals surface area contributed by atoms with Gasteiger partial charge in [0.2, 0.25) is 0 Å². The number of hydrogen-bond acceptors (Lipinski definition) is 3. The average molecular weight is 450 g/mol. The highest BCUT2D eigenvalue weighted by atomic mass is 79.9. The van der Waals surface area contributed by atoms with Gasteiger partial charge in [0.15, 0.2) is 11.6 Å². The summed E-state index contributed by atoms with van der Waals surface area (Å²) >= 11 is 3.19. The van der Waals surface area contributed by atoms with Gasteiger partial charge in [0.05, 0.1) is 5.56 Å². The number of aromatic nitrogens is 1. The molecular weight excluding hydrogens is 436 g/mol. The van der Waals surface area contributed by atoms with Crippen molar-refractivity contribution in [3.8, 4) is 11.4 Å². The van der Waals surface area contributed by atoms with E-state index in [9.17, 15) is 18.4 Å². The number of aromatic carboxylic acids is 1. The number of carboxylic acid groups (broad SMARTS) is 1. The predicted molar refractivity (Wildman–Crippen MR) is 102 cm³/mol. The van der Waals surface area contributed by atoms with E-state index in [4.69, 9.17) is 9.84 Å². The van der Waals surface area contributed by atoms with Gasteiger partial charge in [-0.05, 0) is 53.2 Å². The Kier molecular flexibility index (Phi) is 5.60. The number of benzene rings is 2. The first-order valence-electron chi connectivity index (χ1n) is 8.11. The zero-order valence-electron chi connectivity index (χ0n) is 14.6. The number of halogens is 3. The molecule has 2 aromatic carbocycles. The lowest BCUT2D eigenvalue weighted by molar-refractivity contribution is 0.0697. The summed E-state index contributed by atoms with van der Waals surface area (Å²) < 4.78 is 34.1. The smallest absolute Gasteiger partial charge is 0.335 e. The first-order chi connectivity index (χ1) is 13.3. The molecule has 0 spiro atoms. The van der Waals surface area contributed by atoms with Crippen LogP contribution in [0.1, 0.15) is 21.6 Å². The zero-order valence-corrected chi connectivity index (χ0v) is 16.2. The highest BCUT2D eigenvalue weighted by Gasteiger charge is 2.15. The standard InChI is InChI=1S/C20H14BrF2NO4/c1-11-9-16(28-10-13-3-2-4-15(22)18(13)23)17(21)19(25)24(11)14-7-5-12(6-8-14)20(26)27/h2-9H,10H2,1H3,(H,26,27). The molecule has 0 amide bonds. The minimum absolute atomic E-state index is 0.0259. The van der Waals surface area contributed by atoms with E-state index in [1.54, 1.807) is 13.0 Å². The van der Waals surface area contributed by atoms with Crippen molar-refractivity contribution in [3.05, 3.63) is 91.8 Å². The van der Waals surface area contributed by atoms with Crippen molar-refractivity contribution < 1.29 is 23.4 Å². The largest absolute Gasteiger partial charge is 0.487 e. The van der Waals surface area contributed by atoms with Crippen LogP contribution < -0.4 is 10.3 Å². The van der Waals surface area contributed by atoms with Crippen molar-refractivity contribution in [1.82, 2.24) is 4.57 Å². The van der Waals surface area contributed by atoms with E-state index < -0.39 is 23.2 Å². The number of pyridine rings is 1. The van der Waals surface area contributed by atoms with E-state index in [0.29, 0.717) is 11.4 Å². The third kappa shape index (κ3) is 3.82. The molecule has 5 nitrogen and oxygen atoms in total. The molecule has 0 aliphatic carbocycles. The maximum atomic E-state index is 13.8. The zero-order chi connectivity index (χ0) is 20.4. The fourth-order valence-corrected chi connectivity index (χ4v) is 3.08. The van der Waals surface area contributed by atoms with Crippen molar-refractivity contribution in [2.45, 2.75) is 13.5 Å². The van der Waals surface area contributed by atoms with Gasteiger partial charge in [-0.2, -0.15) is 0 Å². The van der Waals surface area contributed by atoms with Crippen LogP contribution in [0.3, 0.4) is 0 Å². The van der Waals surface area contributed by atoms with Crippen LogP contribution in [0.15, 0.2) is 57.8 Å². The first-order valence-corrected chi connectivity index (χ1v) is 8.90. The summed E-state index contributed by atoms with van der Waals surface area (Å²) in [7, 11) is 0. The van der Waals surface area contributed by atoms with Crippen LogP contribution in [0.4, 0.5) is 8.78 Å². The van der Waals surface area contributed by atoms with Crippen molar-refractivity contribution in [2.75, 3.05) is 0 Å². The normalized spacial score (nSPS) is 10.7. The minimum Gasteiger partial charge on any atom is -0.487 e. The van der Waals surface area contributed by atoms with E-state index in [2.05, 4.69) is 15.9 Å². The summed E-state index contributed by atoms with van der Waals surface area (Å²) in [5, 5.41) is 8.98. The number of carboxylic acids is 1. The Balaban J connectivity index is 1.93. The van der Waals surface area contributed by atoms with Crippen LogP contribution in [0.25, 0.3) is 5.69 Å². The van der Waals surface area contributed by atoms with Crippen LogP contribution in [0, 0.1) is 18.6 Å². The van der Waals surface area contributed by atoms with Gasteiger partial charge in [-0.1, -0.05) is 12.1 Å². The van der Waals surface area contributed by atoms with E-state index in [1.807, 2.05) is 0 Å². The van der Waals surface area contributed by atoms with Crippen LogP contribution in [0.2, 0.25) is 0 Å². The quantitative estimate of drug-likeness (QED) is 0.623. The Morgan fingerprint density at radius 3 is 2.50 bits per heavy atom. The van der Waals surface area contributed by atoms with Gasteiger partial charge >= 0.3 is 5.97 Å². The average Bonchev–Trinajstić information content (AvgIpc) is 2.67. The number of rotatable bonds is 5. The second kappa shape index (κ2) is 7.93. The molecule has 0 fully saturated rings. The molecule has 28 heavy (non-hydrogen) atoms. The Hall–Kier alpha value is -3.00. The van der Waals surface area contributed by atoms with Crippen LogP contribution >= 0.6 is 15.9 Å². The lowest BCUT2D eigenvalue weighted by Crippen LogP contribution is -2.22. The van der Waals surface area contributed by atoms with Gasteiger partial charge in [-0.15, -0.1) is 0 Å².